The molecular weight excluding hydrogens is 296 g/mol. The summed E-state index contributed by atoms with van der Waals surface area (Å²) in [5.41, 5.74) is 2.25. The van der Waals surface area contributed by atoms with E-state index >= 15 is 0 Å². The van der Waals surface area contributed by atoms with Crippen LogP contribution in [-0.2, 0) is 15.8 Å². The first-order chi connectivity index (χ1) is 10.5. The highest BCUT2D eigenvalue weighted by atomic mass is 32.2. The average molecular weight is 312 g/mol. The first-order valence-corrected chi connectivity index (χ1v) is 8.58. The highest BCUT2D eigenvalue weighted by Crippen LogP contribution is 2.22. The third-order valence-corrected chi connectivity index (χ3v) is 4.70. The monoisotopic (exact) mass is 312 g/mol. The van der Waals surface area contributed by atoms with Gasteiger partial charge in [0, 0.05) is 23.0 Å². The van der Waals surface area contributed by atoms with Gasteiger partial charge in [0.2, 0.25) is 10.0 Å². The van der Waals surface area contributed by atoms with Gasteiger partial charge in [-0.05, 0) is 36.1 Å². The summed E-state index contributed by atoms with van der Waals surface area (Å²) in [7, 11) is -3.43. The lowest BCUT2D eigenvalue weighted by molar-refractivity contribution is 0.600. The molecule has 1 heterocycles. The van der Waals surface area contributed by atoms with Crippen LogP contribution in [0.3, 0.4) is 0 Å². The Morgan fingerprint density at radius 1 is 1.05 bits per heavy atom. The Labute approximate surface area is 129 Å². The molecular formula is C17H16N2O2S. The van der Waals surface area contributed by atoms with Gasteiger partial charge in [-0.2, -0.15) is 0 Å². The van der Waals surface area contributed by atoms with E-state index < -0.39 is 10.0 Å². The van der Waals surface area contributed by atoms with Gasteiger partial charge in [0.25, 0.3) is 0 Å². The molecule has 22 heavy (non-hydrogen) atoms. The number of fused-ring (bicyclic) bond motifs is 1. The summed E-state index contributed by atoms with van der Waals surface area (Å²) in [5, 5.41) is 1.99. The molecule has 0 saturated heterocycles. The van der Waals surface area contributed by atoms with Crippen molar-refractivity contribution < 1.29 is 8.42 Å². The smallest absolute Gasteiger partial charge is 0.236 e. The Balaban J connectivity index is 1.86. The quantitative estimate of drug-likeness (QED) is 0.802. The molecule has 0 spiro atoms. The molecule has 112 valence electrons. The second-order valence-corrected chi connectivity index (χ2v) is 6.90. The molecule has 0 amide bonds. The molecule has 0 aliphatic rings. The number of nitrogens with one attached hydrogen (secondary N) is 1. The molecule has 0 bridgehead atoms. The van der Waals surface area contributed by atoms with Crippen molar-refractivity contribution in [1.82, 2.24) is 4.98 Å². The molecule has 0 saturated carbocycles. The molecule has 3 rings (SSSR count). The van der Waals surface area contributed by atoms with Gasteiger partial charge in [0.05, 0.1) is 5.75 Å². The number of pyridine rings is 1. The second kappa shape index (κ2) is 5.77. The lowest BCUT2D eigenvalue weighted by Crippen LogP contribution is -2.15. The van der Waals surface area contributed by atoms with Crippen molar-refractivity contribution in [2.75, 3.05) is 4.72 Å². The minimum absolute atomic E-state index is 0.0404. The molecule has 0 radical (unpaired) electrons. The van der Waals surface area contributed by atoms with E-state index in [1.54, 1.807) is 24.4 Å². The maximum atomic E-state index is 12.2. The van der Waals surface area contributed by atoms with Crippen LogP contribution in [0.2, 0.25) is 0 Å². The van der Waals surface area contributed by atoms with Crippen LogP contribution in [0.15, 0.2) is 60.8 Å². The van der Waals surface area contributed by atoms with Gasteiger partial charge in [-0.1, -0.05) is 36.4 Å². The van der Waals surface area contributed by atoms with Crippen molar-refractivity contribution >= 4 is 26.5 Å². The van der Waals surface area contributed by atoms with Crippen LogP contribution in [0.1, 0.15) is 11.3 Å². The summed E-state index contributed by atoms with van der Waals surface area (Å²) >= 11 is 0. The van der Waals surface area contributed by atoms with Crippen molar-refractivity contribution in [2.24, 2.45) is 0 Å². The Kier molecular flexibility index (Phi) is 3.81. The Morgan fingerprint density at radius 3 is 2.59 bits per heavy atom. The number of nitrogens with zero attached hydrogens (tertiary/aromatic N) is 1. The number of hydrogen-bond acceptors (Lipinski definition) is 3. The first-order valence-electron chi connectivity index (χ1n) is 6.93. The van der Waals surface area contributed by atoms with Crippen molar-refractivity contribution in [3.63, 3.8) is 0 Å². The minimum atomic E-state index is -3.43. The van der Waals surface area contributed by atoms with Crippen LogP contribution in [0.25, 0.3) is 10.8 Å². The number of anilines is 1. The van der Waals surface area contributed by atoms with Gasteiger partial charge in [-0.3, -0.25) is 9.71 Å². The molecule has 4 nitrogen and oxygen atoms in total. The van der Waals surface area contributed by atoms with E-state index in [0.717, 1.165) is 22.0 Å². The Hall–Kier alpha value is -2.40. The zero-order valence-corrected chi connectivity index (χ0v) is 13.0. The molecule has 1 N–H and O–H groups in total. The molecule has 1 aromatic heterocycles. The lowest BCUT2D eigenvalue weighted by atomic mass is 10.1. The summed E-state index contributed by atoms with van der Waals surface area (Å²) in [5.74, 6) is -0.0404. The second-order valence-electron chi connectivity index (χ2n) is 5.18. The third kappa shape index (κ3) is 3.26. The van der Waals surface area contributed by atoms with Crippen LogP contribution in [0.5, 0.6) is 0 Å². The van der Waals surface area contributed by atoms with Crippen LogP contribution >= 0.6 is 0 Å². The molecule has 2 aromatic carbocycles. The predicted molar refractivity (Wildman–Crippen MR) is 89.2 cm³/mol. The molecule has 0 aliphatic heterocycles. The van der Waals surface area contributed by atoms with E-state index in [-0.39, 0.29) is 5.75 Å². The lowest BCUT2D eigenvalue weighted by Gasteiger charge is -2.09. The Bertz CT molecular complexity index is 906. The van der Waals surface area contributed by atoms with E-state index in [2.05, 4.69) is 9.71 Å². The fourth-order valence-electron chi connectivity index (χ4n) is 2.40. The van der Waals surface area contributed by atoms with Crippen molar-refractivity contribution in [3.05, 3.63) is 72.1 Å². The zero-order valence-electron chi connectivity index (χ0n) is 12.2. The number of aryl methyl sites for hydroxylation is 1. The van der Waals surface area contributed by atoms with E-state index in [0.29, 0.717) is 5.69 Å². The van der Waals surface area contributed by atoms with Gasteiger partial charge < -0.3 is 0 Å². The van der Waals surface area contributed by atoms with E-state index in [1.165, 1.54) is 0 Å². The molecule has 5 heteroatoms. The predicted octanol–water partition coefficient (Wildman–Crippen LogP) is 3.49. The zero-order chi connectivity index (χ0) is 15.6. The maximum Gasteiger partial charge on any atom is 0.236 e. The molecule has 0 aliphatic carbocycles. The Morgan fingerprint density at radius 2 is 1.82 bits per heavy atom. The summed E-state index contributed by atoms with van der Waals surface area (Å²) in [6, 6.07) is 16.5. The van der Waals surface area contributed by atoms with Gasteiger partial charge in [-0.25, -0.2) is 8.42 Å². The SMILES string of the molecule is Cc1nccc2cc(NS(=O)(=O)Cc3ccccc3)ccc12. The van der Waals surface area contributed by atoms with Gasteiger partial charge in [0.1, 0.15) is 0 Å². The van der Waals surface area contributed by atoms with E-state index in [9.17, 15) is 8.42 Å². The minimum Gasteiger partial charge on any atom is -0.283 e. The fourth-order valence-corrected chi connectivity index (χ4v) is 3.59. The third-order valence-electron chi connectivity index (χ3n) is 3.44. The number of sulfonamides is 1. The van der Waals surface area contributed by atoms with Crippen molar-refractivity contribution in [1.29, 1.82) is 0 Å². The van der Waals surface area contributed by atoms with Crippen molar-refractivity contribution in [3.8, 4) is 0 Å². The van der Waals surface area contributed by atoms with Gasteiger partial charge >= 0.3 is 0 Å². The number of benzene rings is 2. The number of aromatic nitrogens is 1. The number of rotatable bonds is 4. The molecule has 0 fully saturated rings. The van der Waals surface area contributed by atoms with Crippen molar-refractivity contribution in [2.45, 2.75) is 12.7 Å². The summed E-state index contributed by atoms with van der Waals surface area (Å²) in [6.07, 6.45) is 1.72. The average Bonchev–Trinajstić information content (AvgIpc) is 2.47. The highest BCUT2D eigenvalue weighted by molar-refractivity contribution is 7.91. The topological polar surface area (TPSA) is 59.1 Å². The molecule has 0 unspecified atom stereocenters. The van der Waals surface area contributed by atoms with Gasteiger partial charge in [-0.15, -0.1) is 0 Å². The summed E-state index contributed by atoms with van der Waals surface area (Å²) < 4.78 is 27.1. The molecule has 3 aromatic rings. The van der Waals surface area contributed by atoms with Crippen LogP contribution < -0.4 is 4.72 Å². The van der Waals surface area contributed by atoms with Crippen LogP contribution in [0.4, 0.5) is 5.69 Å². The summed E-state index contributed by atoms with van der Waals surface area (Å²) in [4.78, 5) is 4.23. The van der Waals surface area contributed by atoms with E-state index in [1.807, 2.05) is 43.3 Å². The first kappa shape index (κ1) is 14.5. The standard InChI is InChI=1S/C17H16N2O2S/c1-13-17-8-7-16(11-15(17)9-10-18-13)19-22(20,21)12-14-5-3-2-4-6-14/h2-11,19H,12H2,1H3. The maximum absolute atomic E-state index is 12.2. The van der Waals surface area contributed by atoms with Gasteiger partial charge in [0.15, 0.2) is 0 Å². The van der Waals surface area contributed by atoms with E-state index in [4.69, 9.17) is 0 Å². The fraction of sp³-hybridized carbons (Fsp3) is 0.118. The summed E-state index contributed by atoms with van der Waals surface area (Å²) in [6.45, 7) is 1.93. The van der Waals surface area contributed by atoms with Crippen LogP contribution in [0, 0.1) is 6.92 Å². The largest absolute Gasteiger partial charge is 0.283 e. The number of hydrogen-bond donors (Lipinski definition) is 1. The highest BCUT2D eigenvalue weighted by Gasteiger charge is 2.12. The van der Waals surface area contributed by atoms with Crippen LogP contribution in [-0.4, -0.2) is 13.4 Å². The normalized spacial score (nSPS) is 11.5. The molecule has 0 atom stereocenters.